The van der Waals surface area contributed by atoms with E-state index < -0.39 is 23.8 Å². The number of benzene rings is 1. The largest absolute Gasteiger partial charge is 0.481 e. The van der Waals surface area contributed by atoms with Crippen molar-refractivity contribution in [1.82, 2.24) is 0 Å². The van der Waals surface area contributed by atoms with Crippen molar-refractivity contribution >= 4 is 11.9 Å². The summed E-state index contributed by atoms with van der Waals surface area (Å²) in [7, 11) is 0. The number of carboxylic acid groups (broad SMARTS) is 2. The summed E-state index contributed by atoms with van der Waals surface area (Å²) in [4.78, 5) is 23.0. The van der Waals surface area contributed by atoms with Gasteiger partial charge >= 0.3 is 11.9 Å². The number of hydrogen-bond donors (Lipinski definition) is 2. The fraction of sp³-hybridized carbons (Fsp3) is 0.529. The van der Waals surface area contributed by atoms with E-state index in [-0.39, 0.29) is 17.8 Å². The topological polar surface area (TPSA) is 74.6 Å². The molecule has 0 saturated heterocycles. The number of carbonyl (C=O) groups is 2. The molecule has 4 nitrogen and oxygen atoms in total. The van der Waals surface area contributed by atoms with E-state index in [1.54, 1.807) is 0 Å². The molecular formula is C17H20O4. The zero-order chi connectivity index (χ0) is 15.3. The van der Waals surface area contributed by atoms with Crippen molar-refractivity contribution in [3.05, 3.63) is 34.9 Å². The van der Waals surface area contributed by atoms with Crippen LogP contribution in [0.5, 0.6) is 0 Å². The average molecular weight is 288 g/mol. The highest BCUT2D eigenvalue weighted by Gasteiger charge is 2.58. The van der Waals surface area contributed by atoms with Gasteiger partial charge in [-0.3, -0.25) is 9.59 Å². The third-order valence-corrected chi connectivity index (χ3v) is 5.41. The molecule has 1 aromatic rings. The maximum Gasteiger partial charge on any atom is 0.307 e. The summed E-state index contributed by atoms with van der Waals surface area (Å²) in [5, 5.41) is 18.8. The maximum atomic E-state index is 11.6. The predicted octanol–water partition coefficient (Wildman–Crippen LogP) is 2.83. The van der Waals surface area contributed by atoms with Crippen molar-refractivity contribution in [2.75, 3.05) is 0 Å². The van der Waals surface area contributed by atoms with Crippen LogP contribution in [0.4, 0.5) is 0 Å². The molecule has 0 radical (unpaired) electrons. The Morgan fingerprint density at radius 1 is 1.05 bits per heavy atom. The molecule has 0 amide bonds. The van der Waals surface area contributed by atoms with Crippen LogP contribution in [-0.2, 0) is 9.59 Å². The molecule has 0 heterocycles. The molecule has 2 fully saturated rings. The molecular weight excluding hydrogens is 268 g/mol. The maximum absolute atomic E-state index is 11.6. The van der Waals surface area contributed by atoms with Crippen molar-refractivity contribution in [1.29, 1.82) is 0 Å². The molecule has 21 heavy (non-hydrogen) atoms. The van der Waals surface area contributed by atoms with Gasteiger partial charge in [-0.2, -0.15) is 0 Å². The first-order valence-electron chi connectivity index (χ1n) is 7.43. The first kappa shape index (κ1) is 14.1. The second-order valence-corrected chi connectivity index (χ2v) is 6.59. The molecule has 112 valence electrons. The van der Waals surface area contributed by atoms with E-state index in [9.17, 15) is 19.8 Å². The molecule has 1 aromatic carbocycles. The Hall–Kier alpha value is -1.84. The van der Waals surface area contributed by atoms with E-state index in [4.69, 9.17) is 0 Å². The molecule has 2 aliphatic carbocycles. The van der Waals surface area contributed by atoms with E-state index >= 15 is 0 Å². The summed E-state index contributed by atoms with van der Waals surface area (Å²) in [6, 6.07) is 6.26. The van der Waals surface area contributed by atoms with Gasteiger partial charge < -0.3 is 10.2 Å². The van der Waals surface area contributed by atoms with E-state index in [1.807, 2.05) is 13.8 Å². The number of aryl methyl sites for hydroxylation is 2. The smallest absolute Gasteiger partial charge is 0.307 e. The van der Waals surface area contributed by atoms with Crippen molar-refractivity contribution < 1.29 is 19.8 Å². The third kappa shape index (κ3) is 2.13. The van der Waals surface area contributed by atoms with E-state index in [0.29, 0.717) is 0 Å². The highest BCUT2D eigenvalue weighted by atomic mass is 16.4. The van der Waals surface area contributed by atoms with Crippen LogP contribution in [-0.4, -0.2) is 22.2 Å². The fourth-order valence-electron chi connectivity index (χ4n) is 4.57. The second kappa shape index (κ2) is 4.86. The SMILES string of the molecule is Cc1ccc(C)c([C@@H]2C[C@H]3C[C@H]2[C@@H](C(=O)O)[C@H]3C(=O)O)c1. The standard InChI is InChI=1S/C17H20O4/c1-8-3-4-9(2)11(5-8)12-6-10-7-13(12)15(17(20)21)14(10)16(18)19/h3-5,10,12-15H,6-7H2,1-2H3,(H,18,19)(H,20,21)/t10-,12-,13+,14-,15+/m0/s1. The van der Waals surface area contributed by atoms with Gasteiger partial charge in [0.1, 0.15) is 0 Å². The lowest BCUT2D eigenvalue weighted by Gasteiger charge is -2.32. The molecule has 2 N–H and O–H groups in total. The van der Waals surface area contributed by atoms with Gasteiger partial charge in [0.25, 0.3) is 0 Å². The fourth-order valence-corrected chi connectivity index (χ4v) is 4.57. The molecule has 0 aromatic heterocycles. The van der Waals surface area contributed by atoms with E-state index in [1.165, 1.54) is 16.7 Å². The molecule has 5 atom stereocenters. The molecule has 3 rings (SSSR count). The van der Waals surface area contributed by atoms with Gasteiger partial charge in [-0.15, -0.1) is 0 Å². The first-order chi connectivity index (χ1) is 9.90. The lowest BCUT2D eigenvalue weighted by atomic mass is 9.71. The monoisotopic (exact) mass is 288 g/mol. The number of aliphatic carboxylic acids is 2. The Morgan fingerprint density at radius 3 is 2.33 bits per heavy atom. The van der Waals surface area contributed by atoms with E-state index in [0.717, 1.165) is 12.8 Å². The van der Waals surface area contributed by atoms with Gasteiger partial charge in [-0.25, -0.2) is 0 Å². The average Bonchev–Trinajstić information content (AvgIpc) is 2.98. The Labute approximate surface area is 123 Å². The second-order valence-electron chi connectivity index (χ2n) is 6.59. The van der Waals surface area contributed by atoms with Crippen LogP contribution in [0.3, 0.4) is 0 Å². The van der Waals surface area contributed by atoms with Crippen LogP contribution < -0.4 is 0 Å². The quantitative estimate of drug-likeness (QED) is 0.897. The lowest BCUT2D eigenvalue weighted by molar-refractivity contribution is -0.156. The normalized spacial score (nSPS) is 34.1. The Kier molecular flexibility index (Phi) is 3.27. The van der Waals surface area contributed by atoms with Crippen molar-refractivity contribution in [2.24, 2.45) is 23.7 Å². The van der Waals surface area contributed by atoms with Crippen molar-refractivity contribution in [3.63, 3.8) is 0 Å². The Bertz CT molecular complexity index is 607. The number of hydrogen-bond acceptors (Lipinski definition) is 2. The summed E-state index contributed by atoms with van der Waals surface area (Å²) < 4.78 is 0. The molecule has 0 spiro atoms. The molecule has 2 aliphatic rings. The van der Waals surface area contributed by atoms with Crippen LogP contribution in [0.15, 0.2) is 18.2 Å². The predicted molar refractivity (Wildman–Crippen MR) is 77.1 cm³/mol. The minimum atomic E-state index is -0.954. The third-order valence-electron chi connectivity index (χ3n) is 5.41. The van der Waals surface area contributed by atoms with Gasteiger partial charge in [0, 0.05) is 0 Å². The summed E-state index contributed by atoms with van der Waals surface area (Å²) in [5.74, 6) is -3.22. The van der Waals surface area contributed by atoms with Gasteiger partial charge in [0.15, 0.2) is 0 Å². The van der Waals surface area contributed by atoms with Gasteiger partial charge in [0.05, 0.1) is 11.8 Å². The molecule has 0 unspecified atom stereocenters. The molecule has 0 aliphatic heterocycles. The van der Waals surface area contributed by atoms with Gasteiger partial charge in [-0.1, -0.05) is 23.8 Å². The number of carboxylic acids is 2. The van der Waals surface area contributed by atoms with E-state index in [2.05, 4.69) is 18.2 Å². The van der Waals surface area contributed by atoms with Crippen LogP contribution in [0, 0.1) is 37.5 Å². The molecule has 2 saturated carbocycles. The minimum Gasteiger partial charge on any atom is -0.481 e. The van der Waals surface area contributed by atoms with Crippen molar-refractivity contribution in [2.45, 2.75) is 32.6 Å². The Balaban J connectivity index is 1.97. The lowest BCUT2D eigenvalue weighted by Crippen LogP contribution is -2.37. The van der Waals surface area contributed by atoms with Crippen LogP contribution in [0.25, 0.3) is 0 Å². The zero-order valence-electron chi connectivity index (χ0n) is 12.2. The molecule has 2 bridgehead atoms. The number of rotatable bonds is 3. The molecule has 4 heteroatoms. The summed E-state index contributed by atoms with van der Waals surface area (Å²) >= 11 is 0. The highest BCUT2D eigenvalue weighted by molar-refractivity contribution is 5.82. The van der Waals surface area contributed by atoms with Crippen LogP contribution in [0.2, 0.25) is 0 Å². The summed E-state index contributed by atoms with van der Waals surface area (Å²) in [6.45, 7) is 4.08. The summed E-state index contributed by atoms with van der Waals surface area (Å²) in [5.41, 5.74) is 3.55. The van der Waals surface area contributed by atoms with Gasteiger partial charge in [-0.05, 0) is 55.6 Å². The highest BCUT2D eigenvalue weighted by Crippen LogP contribution is 2.59. The van der Waals surface area contributed by atoms with Gasteiger partial charge in [0.2, 0.25) is 0 Å². The minimum absolute atomic E-state index is 0.00138. The zero-order valence-corrected chi connectivity index (χ0v) is 12.2. The first-order valence-corrected chi connectivity index (χ1v) is 7.43. The summed E-state index contributed by atoms with van der Waals surface area (Å²) in [6.07, 6.45) is 1.53. The number of fused-ring (bicyclic) bond motifs is 2. The Morgan fingerprint density at radius 2 is 1.71 bits per heavy atom. The van der Waals surface area contributed by atoms with Crippen LogP contribution in [0.1, 0.15) is 35.4 Å². The van der Waals surface area contributed by atoms with Crippen LogP contribution >= 0.6 is 0 Å². The van der Waals surface area contributed by atoms with Crippen molar-refractivity contribution in [3.8, 4) is 0 Å².